The van der Waals surface area contributed by atoms with E-state index in [0.717, 1.165) is 8.01 Å². The maximum absolute atomic E-state index is 10.2. The van der Waals surface area contributed by atoms with E-state index in [-0.39, 0.29) is 6.42 Å². The number of carbonyl (C=O) groups is 1. The van der Waals surface area contributed by atoms with Gasteiger partial charge in [-0.2, -0.15) is 0 Å². The molecule has 5 heteroatoms. The van der Waals surface area contributed by atoms with Gasteiger partial charge < -0.3 is 5.11 Å². The molecule has 0 saturated heterocycles. The van der Waals surface area contributed by atoms with E-state index in [1.807, 2.05) is 0 Å². The molecule has 0 aliphatic rings. The average Bonchev–Trinajstić information content (AvgIpc) is 2.13. The second-order valence-corrected chi connectivity index (χ2v) is 4.82. The van der Waals surface area contributed by atoms with Gasteiger partial charge in [-0.05, 0) is 0 Å². The summed E-state index contributed by atoms with van der Waals surface area (Å²) in [7, 11) is 0. The zero-order valence-corrected chi connectivity index (χ0v) is 7.31. The van der Waals surface area contributed by atoms with Gasteiger partial charge in [0, 0.05) is 10.3 Å². The Bertz CT molecular complexity index is 285. The van der Waals surface area contributed by atoms with E-state index in [9.17, 15) is 4.79 Å². The quantitative estimate of drug-likeness (QED) is 0.730. The van der Waals surface area contributed by atoms with E-state index < -0.39 is 5.97 Å². The molecule has 0 aromatic carbocycles. The van der Waals surface area contributed by atoms with Crippen molar-refractivity contribution in [3.63, 3.8) is 0 Å². The van der Waals surface area contributed by atoms with E-state index in [1.165, 1.54) is 22.7 Å². The van der Waals surface area contributed by atoms with E-state index in [4.69, 9.17) is 17.3 Å². The summed E-state index contributed by atoms with van der Waals surface area (Å²) >= 11 is 7.61. The molecule has 0 atom stereocenters. The van der Waals surface area contributed by atoms with Crippen molar-refractivity contribution < 1.29 is 9.90 Å². The lowest BCUT2D eigenvalue weighted by Crippen LogP contribution is -1.96. The second-order valence-electron chi connectivity index (χ2n) is 1.62. The molecule has 0 unspecified atom stereocenters. The highest BCUT2D eigenvalue weighted by molar-refractivity contribution is 7.76. The van der Waals surface area contributed by atoms with Crippen LogP contribution in [-0.4, -0.2) is 11.1 Å². The summed E-state index contributed by atoms with van der Waals surface area (Å²) in [4.78, 5) is 11.0. The van der Waals surface area contributed by atoms with Crippen molar-refractivity contribution in [2.24, 2.45) is 0 Å². The molecule has 1 heterocycles. The SMILES string of the molecule is O=C(O)Cc1csc(=S)s1. The molecule has 0 amide bonds. The third-order valence-electron chi connectivity index (χ3n) is 0.826. The molecule has 0 spiro atoms. The molecular formula is C5H4O2S3. The van der Waals surface area contributed by atoms with E-state index in [2.05, 4.69) is 0 Å². The predicted octanol–water partition coefficient (Wildman–Crippen LogP) is 2.17. The lowest BCUT2D eigenvalue weighted by molar-refractivity contribution is -0.136. The molecule has 0 saturated carbocycles. The molecule has 0 aliphatic heterocycles. The molecular weight excluding hydrogens is 188 g/mol. The van der Waals surface area contributed by atoms with Gasteiger partial charge in [0.1, 0.15) is 3.14 Å². The van der Waals surface area contributed by atoms with Crippen molar-refractivity contribution >= 4 is 40.9 Å². The van der Waals surface area contributed by atoms with Crippen LogP contribution in [0.1, 0.15) is 4.88 Å². The van der Waals surface area contributed by atoms with Crippen molar-refractivity contribution in [3.8, 4) is 0 Å². The Labute approximate surface area is 70.8 Å². The van der Waals surface area contributed by atoms with E-state index >= 15 is 0 Å². The number of rotatable bonds is 2. The number of carboxylic acid groups (broad SMARTS) is 1. The number of aliphatic carboxylic acids is 1. The van der Waals surface area contributed by atoms with Gasteiger partial charge in [-0.15, -0.1) is 22.7 Å². The summed E-state index contributed by atoms with van der Waals surface area (Å²) in [5, 5.41) is 10.1. The molecule has 0 bridgehead atoms. The second kappa shape index (κ2) is 3.23. The average molecular weight is 192 g/mol. The Morgan fingerprint density at radius 1 is 1.80 bits per heavy atom. The first-order chi connectivity index (χ1) is 4.68. The van der Waals surface area contributed by atoms with Crippen LogP contribution in [0.25, 0.3) is 0 Å². The van der Waals surface area contributed by atoms with Crippen LogP contribution >= 0.6 is 34.9 Å². The van der Waals surface area contributed by atoms with Gasteiger partial charge >= 0.3 is 5.97 Å². The third-order valence-corrected chi connectivity index (χ3v) is 3.34. The predicted molar refractivity (Wildman–Crippen MR) is 44.4 cm³/mol. The first-order valence-corrected chi connectivity index (χ1v) is 4.58. The molecule has 2 nitrogen and oxygen atoms in total. The van der Waals surface area contributed by atoms with Crippen molar-refractivity contribution in [3.05, 3.63) is 13.4 Å². The Morgan fingerprint density at radius 3 is 2.90 bits per heavy atom. The van der Waals surface area contributed by atoms with Crippen molar-refractivity contribution in [1.82, 2.24) is 0 Å². The van der Waals surface area contributed by atoms with Crippen molar-refractivity contribution in [2.45, 2.75) is 6.42 Å². The van der Waals surface area contributed by atoms with E-state index in [0.29, 0.717) is 0 Å². The van der Waals surface area contributed by atoms with Crippen molar-refractivity contribution in [1.29, 1.82) is 0 Å². The van der Waals surface area contributed by atoms with Crippen LogP contribution in [0.3, 0.4) is 0 Å². The summed E-state index contributed by atoms with van der Waals surface area (Å²) in [6.07, 6.45) is 0.0950. The molecule has 0 fully saturated rings. The minimum absolute atomic E-state index is 0.0950. The highest BCUT2D eigenvalue weighted by Gasteiger charge is 2.00. The summed E-state index contributed by atoms with van der Waals surface area (Å²) in [6.45, 7) is 0. The molecule has 0 radical (unpaired) electrons. The molecule has 10 heavy (non-hydrogen) atoms. The highest BCUT2D eigenvalue weighted by atomic mass is 32.2. The Balaban J connectivity index is 2.76. The van der Waals surface area contributed by atoms with Gasteiger partial charge in [0.05, 0.1) is 6.42 Å². The standard InChI is InChI=1S/C5H4O2S3/c6-4(7)1-3-2-9-5(8)10-3/h2H,1H2,(H,6,7). The van der Waals surface area contributed by atoms with Gasteiger partial charge in [0.2, 0.25) is 0 Å². The number of hydrogen-bond donors (Lipinski definition) is 1. The maximum atomic E-state index is 10.2. The summed E-state index contributed by atoms with van der Waals surface area (Å²) in [6, 6.07) is 0. The Hall–Kier alpha value is -0.260. The lowest BCUT2D eigenvalue weighted by Gasteiger charge is -1.84. The van der Waals surface area contributed by atoms with Gasteiger partial charge in [-0.3, -0.25) is 4.79 Å². The summed E-state index contributed by atoms with van der Waals surface area (Å²) < 4.78 is 0.788. The van der Waals surface area contributed by atoms with Crippen LogP contribution in [0, 0.1) is 3.14 Å². The van der Waals surface area contributed by atoms with Gasteiger partial charge in [0.25, 0.3) is 0 Å². The maximum Gasteiger partial charge on any atom is 0.308 e. The molecule has 1 N–H and O–H groups in total. The van der Waals surface area contributed by atoms with Crippen LogP contribution < -0.4 is 0 Å². The minimum Gasteiger partial charge on any atom is -0.481 e. The highest BCUT2D eigenvalue weighted by Crippen LogP contribution is 2.17. The summed E-state index contributed by atoms with van der Waals surface area (Å²) in [5.41, 5.74) is 0. The van der Waals surface area contributed by atoms with Crippen LogP contribution in [-0.2, 0) is 11.2 Å². The minimum atomic E-state index is -0.802. The fourth-order valence-corrected chi connectivity index (χ4v) is 2.68. The van der Waals surface area contributed by atoms with Crippen LogP contribution in [0.4, 0.5) is 0 Å². The monoisotopic (exact) mass is 192 g/mol. The normalized spacial score (nSPS) is 9.60. The third kappa shape index (κ3) is 2.17. The first-order valence-electron chi connectivity index (χ1n) is 2.48. The van der Waals surface area contributed by atoms with Crippen LogP contribution in [0.2, 0.25) is 0 Å². The first kappa shape index (κ1) is 7.84. The largest absolute Gasteiger partial charge is 0.481 e. The summed E-state index contributed by atoms with van der Waals surface area (Å²) in [5.74, 6) is -0.802. The molecule has 0 aliphatic carbocycles. The molecule has 54 valence electrons. The van der Waals surface area contributed by atoms with E-state index in [1.54, 1.807) is 5.38 Å². The fourth-order valence-electron chi connectivity index (χ4n) is 0.496. The van der Waals surface area contributed by atoms with Crippen molar-refractivity contribution in [2.75, 3.05) is 0 Å². The fraction of sp³-hybridized carbons (Fsp3) is 0.200. The van der Waals surface area contributed by atoms with Crippen LogP contribution in [0.5, 0.6) is 0 Å². The van der Waals surface area contributed by atoms with Gasteiger partial charge in [-0.1, -0.05) is 12.2 Å². The van der Waals surface area contributed by atoms with Gasteiger partial charge in [0.15, 0.2) is 0 Å². The zero-order valence-electron chi connectivity index (χ0n) is 4.86. The topological polar surface area (TPSA) is 37.3 Å². The zero-order chi connectivity index (χ0) is 7.56. The molecule has 1 aromatic heterocycles. The van der Waals surface area contributed by atoms with Gasteiger partial charge in [-0.25, -0.2) is 0 Å². The van der Waals surface area contributed by atoms with Crippen LogP contribution in [0.15, 0.2) is 5.38 Å². The Morgan fingerprint density at radius 2 is 2.50 bits per heavy atom. The smallest absolute Gasteiger partial charge is 0.308 e. The number of hydrogen-bond acceptors (Lipinski definition) is 4. The lowest BCUT2D eigenvalue weighted by atomic mass is 10.4. The molecule has 1 aromatic rings. The number of carboxylic acids is 1. The Kier molecular flexibility index (Phi) is 2.53. The molecule has 1 rings (SSSR count).